The number of fused-ring (bicyclic) bond motifs is 5. The summed E-state index contributed by atoms with van der Waals surface area (Å²) in [5.41, 5.74) is -1.39. The summed E-state index contributed by atoms with van der Waals surface area (Å²) < 4.78 is 15.5. The highest BCUT2D eigenvalue weighted by molar-refractivity contribution is 6.01. The van der Waals surface area contributed by atoms with Gasteiger partial charge in [-0.15, -0.1) is 20.2 Å². The second kappa shape index (κ2) is 7.88. The van der Waals surface area contributed by atoms with Crippen molar-refractivity contribution < 1.29 is 33.8 Å². The minimum absolute atomic E-state index is 0.0735. The van der Waals surface area contributed by atoms with Crippen LogP contribution in [0.2, 0.25) is 0 Å². The van der Waals surface area contributed by atoms with E-state index in [1.54, 1.807) is 13.0 Å². The van der Waals surface area contributed by atoms with Gasteiger partial charge in [0.25, 0.3) is 10.2 Å². The van der Waals surface area contributed by atoms with E-state index in [4.69, 9.17) is 4.84 Å². The second-order valence-electron chi connectivity index (χ2n) is 10.3. The predicted octanol–water partition coefficient (Wildman–Crippen LogP) is 3.07. The number of alkyl halides is 1. The molecular formula is C22H27FN2O8. The molecule has 4 aliphatic carbocycles. The van der Waals surface area contributed by atoms with E-state index >= 15 is 4.39 Å². The maximum absolute atomic E-state index is 15.5. The quantitative estimate of drug-likeness (QED) is 0.430. The van der Waals surface area contributed by atoms with Gasteiger partial charge >= 0.3 is 0 Å². The smallest absolute Gasteiger partial charge is 0.294 e. The van der Waals surface area contributed by atoms with Crippen LogP contribution < -0.4 is 0 Å². The molecule has 10 nitrogen and oxygen atoms in total. The molecular weight excluding hydrogens is 439 g/mol. The largest absolute Gasteiger partial charge is 0.310 e. The van der Waals surface area contributed by atoms with E-state index < -0.39 is 57.5 Å². The van der Waals surface area contributed by atoms with E-state index in [0.29, 0.717) is 12.0 Å². The van der Waals surface area contributed by atoms with E-state index in [0.717, 1.165) is 0 Å². The van der Waals surface area contributed by atoms with E-state index in [-0.39, 0.29) is 36.4 Å². The van der Waals surface area contributed by atoms with Crippen LogP contribution in [0.5, 0.6) is 0 Å². The first kappa shape index (κ1) is 23.3. The van der Waals surface area contributed by atoms with Gasteiger partial charge in [-0.3, -0.25) is 9.59 Å². The summed E-state index contributed by atoms with van der Waals surface area (Å²) in [5, 5.41) is 20.2. The van der Waals surface area contributed by atoms with Gasteiger partial charge in [-0.05, 0) is 60.2 Å². The highest BCUT2D eigenvalue weighted by atomic mass is 19.1. The number of ketones is 2. The van der Waals surface area contributed by atoms with E-state index in [9.17, 15) is 29.8 Å². The average molecular weight is 466 g/mol. The number of hydrogen-bond donors (Lipinski definition) is 0. The Hall–Kier alpha value is -2.85. The molecule has 4 aliphatic rings. The molecule has 0 heterocycles. The number of hydrogen-bond acceptors (Lipinski definition) is 8. The van der Waals surface area contributed by atoms with Crippen LogP contribution in [0.1, 0.15) is 40.0 Å². The number of nitrogens with zero attached hydrogens (tertiary/aromatic N) is 2. The molecule has 0 radical (unpaired) electrons. The first-order chi connectivity index (χ1) is 15.4. The van der Waals surface area contributed by atoms with Crippen molar-refractivity contribution in [3.8, 4) is 0 Å². The third-order valence-corrected chi connectivity index (χ3v) is 8.68. The molecule has 180 valence electrons. The Morgan fingerprint density at radius 2 is 1.94 bits per heavy atom. The highest BCUT2D eigenvalue weighted by Gasteiger charge is 2.66. The van der Waals surface area contributed by atoms with Crippen LogP contribution >= 0.6 is 0 Å². The standard InChI is InChI=1S/C22H27FN2O8/c1-11-6-14-13-8-16(23)15-7-12(26)4-5-21(15,2)20(13)18(33-25(30)31)9-22(14,3)19(11)17(27)10-32-24(28)29/h4-5,7,11,13-14,16,18-20H,6,8-10H2,1-3H3/t11-,13+,14+,16+,18+,19-,20-,21+,22+/m1/s1. The summed E-state index contributed by atoms with van der Waals surface area (Å²) in [6.45, 7) is 4.82. The summed E-state index contributed by atoms with van der Waals surface area (Å²) in [7, 11) is 0. The van der Waals surface area contributed by atoms with Crippen molar-refractivity contribution in [1.82, 2.24) is 0 Å². The van der Waals surface area contributed by atoms with Crippen molar-refractivity contribution in [2.45, 2.75) is 52.3 Å². The lowest BCUT2D eigenvalue weighted by Gasteiger charge is -2.59. The van der Waals surface area contributed by atoms with Crippen LogP contribution in [0.3, 0.4) is 0 Å². The molecule has 4 rings (SSSR count). The van der Waals surface area contributed by atoms with Crippen molar-refractivity contribution in [1.29, 1.82) is 0 Å². The molecule has 0 N–H and O–H groups in total. The third kappa shape index (κ3) is 3.61. The monoisotopic (exact) mass is 466 g/mol. The molecule has 33 heavy (non-hydrogen) atoms. The predicted molar refractivity (Wildman–Crippen MR) is 110 cm³/mol. The lowest BCUT2D eigenvalue weighted by molar-refractivity contribution is -0.773. The summed E-state index contributed by atoms with van der Waals surface area (Å²) in [6, 6.07) is 0. The van der Waals surface area contributed by atoms with Crippen molar-refractivity contribution in [2.75, 3.05) is 6.61 Å². The van der Waals surface area contributed by atoms with Gasteiger partial charge in [-0.1, -0.05) is 26.8 Å². The van der Waals surface area contributed by atoms with Crippen LogP contribution in [0, 0.1) is 60.6 Å². The zero-order chi connectivity index (χ0) is 24.3. The molecule has 0 spiro atoms. The molecule has 0 aliphatic heterocycles. The van der Waals surface area contributed by atoms with Gasteiger partial charge in [0.05, 0.1) is 0 Å². The number of rotatable bonds is 6. The molecule has 11 heteroatoms. The Morgan fingerprint density at radius 1 is 1.24 bits per heavy atom. The molecule has 0 aromatic heterocycles. The van der Waals surface area contributed by atoms with Crippen LogP contribution in [-0.4, -0.2) is 40.6 Å². The number of halogens is 1. The average Bonchev–Trinajstić information content (AvgIpc) is 2.97. The summed E-state index contributed by atoms with van der Waals surface area (Å²) in [4.78, 5) is 56.5. The van der Waals surface area contributed by atoms with Gasteiger partial charge in [0.1, 0.15) is 12.3 Å². The van der Waals surface area contributed by atoms with Crippen LogP contribution in [-0.2, 0) is 19.3 Å². The Balaban J connectivity index is 1.76. The molecule has 0 aromatic rings. The number of carbonyl (C=O) groups is 2. The third-order valence-electron chi connectivity index (χ3n) is 8.68. The van der Waals surface area contributed by atoms with Gasteiger partial charge in [0, 0.05) is 17.3 Å². The van der Waals surface area contributed by atoms with Crippen molar-refractivity contribution >= 4 is 11.6 Å². The minimum Gasteiger partial charge on any atom is -0.310 e. The molecule has 0 bridgehead atoms. The fourth-order valence-electron chi connectivity index (χ4n) is 7.77. The topological polar surface area (TPSA) is 139 Å². The van der Waals surface area contributed by atoms with Crippen LogP contribution in [0.25, 0.3) is 0 Å². The second-order valence-corrected chi connectivity index (χ2v) is 10.3. The van der Waals surface area contributed by atoms with Crippen LogP contribution in [0.4, 0.5) is 4.39 Å². The Morgan fingerprint density at radius 3 is 2.58 bits per heavy atom. The molecule has 3 fully saturated rings. The number of Topliss-reactive ketones (excluding diaryl/α,β-unsaturated/α-hetero) is 1. The Labute approximate surface area is 189 Å². The van der Waals surface area contributed by atoms with E-state index in [1.165, 1.54) is 12.2 Å². The molecule has 3 saturated carbocycles. The Kier molecular flexibility index (Phi) is 5.57. The molecule has 0 amide bonds. The summed E-state index contributed by atoms with van der Waals surface area (Å²) >= 11 is 0. The Bertz CT molecular complexity index is 966. The lowest BCUT2D eigenvalue weighted by Crippen LogP contribution is -2.59. The van der Waals surface area contributed by atoms with E-state index in [2.05, 4.69) is 4.84 Å². The zero-order valence-corrected chi connectivity index (χ0v) is 18.6. The van der Waals surface area contributed by atoms with Crippen LogP contribution in [0.15, 0.2) is 23.8 Å². The molecule has 9 atom stereocenters. The minimum atomic E-state index is -1.40. The van der Waals surface area contributed by atoms with Gasteiger partial charge in [0.2, 0.25) is 0 Å². The maximum atomic E-state index is 15.5. The molecule has 0 unspecified atom stereocenters. The number of allylic oxidation sites excluding steroid dienone is 4. The van der Waals surface area contributed by atoms with Gasteiger partial charge in [-0.25, -0.2) is 4.39 Å². The summed E-state index contributed by atoms with van der Waals surface area (Å²) in [6.07, 6.45) is 2.80. The SMILES string of the molecule is C[C@@H]1C[C@H]2[C@@H]3C[C@H](F)C4=CC(=O)C=C[C@]4(C)[C@H]3[C@@H](O[N+](=O)[O-])C[C@]2(C)[C@H]1C(=O)CO[N+](=O)[O-]. The summed E-state index contributed by atoms with van der Waals surface area (Å²) in [5.74, 6) is -2.49. The zero-order valence-electron chi connectivity index (χ0n) is 18.6. The first-order valence-corrected chi connectivity index (χ1v) is 11.1. The van der Waals surface area contributed by atoms with Crippen molar-refractivity contribution in [2.24, 2.45) is 40.4 Å². The van der Waals surface area contributed by atoms with Crippen molar-refractivity contribution in [3.63, 3.8) is 0 Å². The van der Waals surface area contributed by atoms with E-state index in [1.807, 2.05) is 13.8 Å². The normalized spacial score (nSPS) is 43.6. The number of carbonyl (C=O) groups excluding carboxylic acids is 2. The van der Waals surface area contributed by atoms with Gasteiger partial charge in [-0.2, -0.15) is 0 Å². The maximum Gasteiger partial charge on any atom is 0.294 e. The molecule has 0 saturated heterocycles. The molecule has 0 aromatic carbocycles. The van der Waals surface area contributed by atoms with Gasteiger partial charge < -0.3 is 9.68 Å². The van der Waals surface area contributed by atoms with Gasteiger partial charge in [0.15, 0.2) is 18.2 Å². The highest BCUT2D eigenvalue weighted by Crippen LogP contribution is 2.67. The fourth-order valence-corrected chi connectivity index (χ4v) is 7.77. The lowest BCUT2D eigenvalue weighted by atomic mass is 9.46. The fraction of sp³-hybridized carbons (Fsp3) is 0.727. The first-order valence-electron chi connectivity index (χ1n) is 11.1. The van der Waals surface area contributed by atoms with Crippen molar-refractivity contribution in [3.05, 3.63) is 44.0 Å².